The first-order valence-corrected chi connectivity index (χ1v) is 9.54. The van der Waals surface area contributed by atoms with E-state index in [-0.39, 0.29) is 0 Å². The van der Waals surface area contributed by atoms with Gasteiger partial charge in [0.1, 0.15) is 0 Å². The van der Waals surface area contributed by atoms with Crippen LogP contribution in [0.4, 0.5) is 0 Å². The summed E-state index contributed by atoms with van der Waals surface area (Å²) in [6, 6.07) is 8.72. The molecule has 0 unspecified atom stereocenters. The molecule has 140 valence electrons. The highest BCUT2D eigenvalue weighted by Crippen LogP contribution is 2.06. The lowest BCUT2D eigenvalue weighted by atomic mass is 10.1. The van der Waals surface area contributed by atoms with Crippen molar-refractivity contribution < 1.29 is 4.74 Å². The number of hydrogen-bond donors (Lipinski definition) is 1. The maximum absolute atomic E-state index is 5.39. The first kappa shape index (κ1) is 19.7. The number of benzene rings is 1. The van der Waals surface area contributed by atoms with Crippen LogP contribution in [0.15, 0.2) is 29.3 Å². The van der Waals surface area contributed by atoms with E-state index in [1.54, 1.807) is 0 Å². The monoisotopic (exact) mass is 346 g/mol. The molecule has 0 radical (unpaired) electrons. The van der Waals surface area contributed by atoms with Crippen molar-refractivity contribution in [3.8, 4) is 0 Å². The Balaban J connectivity index is 1.75. The zero-order chi connectivity index (χ0) is 17.9. The lowest BCUT2D eigenvalue weighted by Crippen LogP contribution is -2.38. The fourth-order valence-electron chi connectivity index (χ4n) is 2.97. The number of nitrogens with one attached hydrogen (secondary N) is 1. The lowest BCUT2D eigenvalue weighted by Gasteiger charge is -2.26. The molecule has 0 aromatic heterocycles. The largest absolute Gasteiger partial charge is 0.379 e. The number of nitrogens with zero attached hydrogens (tertiary/aromatic N) is 3. The summed E-state index contributed by atoms with van der Waals surface area (Å²) in [7, 11) is 2.11. The van der Waals surface area contributed by atoms with Crippen molar-refractivity contribution >= 4 is 5.96 Å². The Kier molecular flexibility index (Phi) is 8.77. The SMILES string of the molecule is CCNC(=NCCCCN1CCOCC1)N(C)Cc1ccc(C)cc1. The van der Waals surface area contributed by atoms with Gasteiger partial charge in [-0.05, 0) is 38.8 Å². The fraction of sp³-hybridized carbons (Fsp3) is 0.650. The molecule has 0 aliphatic carbocycles. The van der Waals surface area contributed by atoms with Crippen molar-refractivity contribution in [1.82, 2.24) is 15.1 Å². The third-order valence-corrected chi connectivity index (χ3v) is 4.48. The Morgan fingerprint density at radius 2 is 1.92 bits per heavy atom. The Labute approximate surface area is 153 Å². The number of morpholine rings is 1. The molecule has 1 aliphatic heterocycles. The van der Waals surface area contributed by atoms with E-state index in [4.69, 9.17) is 9.73 Å². The van der Waals surface area contributed by atoms with Gasteiger partial charge in [0.2, 0.25) is 0 Å². The summed E-state index contributed by atoms with van der Waals surface area (Å²) in [5.74, 6) is 0.995. The van der Waals surface area contributed by atoms with E-state index >= 15 is 0 Å². The molecule has 25 heavy (non-hydrogen) atoms. The van der Waals surface area contributed by atoms with Crippen LogP contribution in [0.3, 0.4) is 0 Å². The van der Waals surface area contributed by atoms with E-state index < -0.39 is 0 Å². The number of rotatable bonds is 8. The van der Waals surface area contributed by atoms with E-state index in [1.165, 1.54) is 17.5 Å². The minimum absolute atomic E-state index is 0.875. The van der Waals surface area contributed by atoms with Gasteiger partial charge in [-0.25, -0.2) is 0 Å². The second kappa shape index (κ2) is 11.1. The highest BCUT2D eigenvalue weighted by molar-refractivity contribution is 5.79. The summed E-state index contributed by atoms with van der Waals surface area (Å²) >= 11 is 0. The number of guanidine groups is 1. The first-order valence-electron chi connectivity index (χ1n) is 9.54. The zero-order valence-electron chi connectivity index (χ0n) is 16.1. The van der Waals surface area contributed by atoms with Gasteiger partial charge in [0.25, 0.3) is 0 Å². The molecule has 1 aliphatic rings. The number of unbranched alkanes of at least 4 members (excludes halogenated alkanes) is 1. The molecule has 1 aromatic rings. The smallest absolute Gasteiger partial charge is 0.193 e. The molecule has 1 saturated heterocycles. The van der Waals surface area contributed by atoms with Crippen molar-refractivity contribution in [3.05, 3.63) is 35.4 Å². The molecule has 0 bridgehead atoms. The average Bonchev–Trinajstić information content (AvgIpc) is 2.63. The molecule has 5 heteroatoms. The average molecular weight is 347 g/mol. The third-order valence-electron chi connectivity index (χ3n) is 4.48. The quantitative estimate of drug-likeness (QED) is 0.446. The van der Waals surface area contributed by atoms with Gasteiger partial charge in [-0.15, -0.1) is 0 Å². The highest BCUT2D eigenvalue weighted by atomic mass is 16.5. The molecular weight excluding hydrogens is 312 g/mol. The molecule has 0 spiro atoms. The predicted octanol–water partition coefficient (Wildman–Crippen LogP) is 2.50. The standard InChI is InChI=1S/C20H34N4O/c1-4-21-20(23(3)17-19-9-7-18(2)8-10-19)22-11-5-6-12-24-13-15-25-16-14-24/h7-10H,4-6,11-17H2,1-3H3,(H,21,22). The molecule has 0 saturated carbocycles. The van der Waals surface area contributed by atoms with Gasteiger partial charge in [0.15, 0.2) is 5.96 Å². The summed E-state index contributed by atoms with van der Waals surface area (Å²) in [5, 5.41) is 3.40. The molecule has 1 fully saturated rings. The Hall–Kier alpha value is -1.59. The third kappa shape index (κ3) is 7.45. The van der Waals surface area contributed by atoms with Gasteiger partial charge in [-0.2, -0.15) is 0 Å². The second-order valence-electron chi connectivity index (χ2n) is 6.74. The molecule has 1 N–H and O–H groups in total. The summed E-state index contributed by atoms with van der Waals surface area (Å²) in [4.78, 5) is 9.49. The normalized spacial score (nSPS) is 16.0. The van der Waals surface area contributed by atoms with Crippen LogP contribution < -0.4 is 5.32 Å². The van der Waals surface area contributed by atoms with Gasteiger partial charge in [0, 0.05) is 39.8 Å². The molecule has 0 atom stereocenters. The first-order chi connectivity index (χ1) is 12.2. The summed E-state index contributed by atoms with van der Waals surface area (Å²) in [5.41, 5.74) is 2.61. The zero-order valence-corrected chi connectivity index (χ0v) is 16.1. The van der Waals surface area contributed by atoms with Crippen LogP contribution in [-0.2, 0) is 11.3 Å². The van der Waals surface area contributed by atoms with E-state index in [1.807, 2.05) is 0 Å². The number of aryl methyl sites for hydroxylation is 1. The van der Waals surface area contributed by atoms with Crippen LogP contribution in [0.5, 0.6) is 0 Å². The maximum atomic E-state index is 5.39. The molecule has 1 aromatic carbocycles. The minimum Gasteiger partial charge on any atom is -0.379 e. The molecule has 2 rings (SSSR count). The second-order valence-corrected chi connectivity index (χ2v) is 6.74. The molecular formula is C20H34N4O. The van der Waals surface area contributed by atoms with Crippen LogP contribution in [0.25, 0.3) is 0 Å². The Morgan fingerprint density at radius 3 is 2.60 bits per heavy atom. The van der Waals surface area contributed by atoms with Crippen molar-refractivity contribution in [2.24, 2.45) is 4.99 Å². The number of ether oxygens (including phenoxy) is 1. The topological polar surface area (TPSA) is 40.1 Å². The van der Waals surface area contributed by atoms with Crippen LogP contribution in [-0.4, -0.2) is 68.7 Å². The Morgan fingerprint density at radius 1 is 1.20 bits per heavy atom. The van der Waals surface area contributed by atoms with Gasteiger partial charge in [-0.3, -0.25) is 9.89 Å². The highest BCUT2D eigenvalue weighted by Gasteiger charge is 2.09. The van der Waals surface area contributed by atoms with Gasteiger partial charge >= 0.3 is 0 Å². The van der Waals surface area contributed by atoms with Gasteiger partial charge in [0.05, 0.1) is 13.2 Å². The van der Waals surface area contributed by atoms with Crippen LogP contribution in [0, 0.1) is 6.92 Å². The fourth-order valence-corrected chi connectivity index (χ4v) is 2.97. The number of hydrogen-bond acceptors (Lipinski definition) is 3. The van der Waals surface area contributed by atoms with Crippen molar-refractivity contribution in [3.63, 3.8) is 0 Å². The Bertz CT molecular complexity index is 509. The molecule has 5 nitrogen and oxygen atoms in total. The van der Waals surface area contributed by atoms with Crippen LogP contribution in [0.2, 0.25) is 0 Å². The minimum atomic E-state index is 0.875. The predicted molar refractivity (Wildman–Crippen MR) is 105 cm³/mol. The summed E-state index contributed by atoms with van der Waals surface area (Å²) in [6.07, 6.45) is 2.33. The number of aliphatic imine (C=N–C) groups is 1. The molecule has 1 heterocycles. The van der Waals surface area contributed by atoms with Crippen LogP contribution >= 0.6 is 0 Å². The van der Waals surface area contributed by atoms with Crippen LogP contribution in [0.1, 0.15) is 30.9 Å². The summed E-state index contributed by atoms with van der Waals surface area (Å²) in [6.45, 7) is 12.0. The maximum Gasteiger partial charge on any atom is 0.193 e. The van der Waals surface area contributed by atoms with Crippen molar-refractivity contribution in [1.29, 1.82) is 0 Å². The van der Waals surface area contributed by atoms with Gasteiger partial charge < -0.3 is 15.0 Å². The van der Waals surface area contributed by atoms with Crippen molar-refractivity contribution in [2.75, 3.05) is 53.0 Å². The molecule has 0 amide bonds. The van der Waals surface area contributed by atoms with E-state index in [9.17, 15) is 0 Å². The van der Waals surface area contributed by atoms with Crippen molar-refractivity contribution in [2.45, 2.75) is 33.2 Å². The van der Waals surface area contributed by atoms with E-state index in [0.717, 1.165) is 64.9 Å². The lowest BCUT2D eigenvalue weighted by molar-refractivity contribution is 0.0373. The van der Waals surface area contributed by atoms with E-state index in [2.05, 4.69) is 60.3 Å². The summed E-state index contributed by atoms with van der Waals surface area (Å²) < 4.78 is 5.39. The van der Waals surface area contributed by atoms with E-state index in [0.29, 0.717) is 0 Å². The van der Waals surface area contributed by atoms with Gasteiger partial charge in [-0.1, -0.05) is 29.8 Å².